The summed E-state index contributed by atoms with van der Waals surface area (Å²) < 4.78 is 0. The zero-order valence-electron chi connectivity index (χ0n) is 12.6. The lowest BCUT2D eigenvalue weighted by atomic mass is 9.99. The minimum absolute atomic E-state index is 0.235. The topological polar surface area (TPSA) is 92.4 Å². The molecule has 0 fully saturated rings. The average Bonchev–Trinajstić information content (AvgIpc) is 2.41. The van der Waals surface area contributed by atoms with Gasteiger partial charge in [0, 0.05) is 12.0 Å². The quantitative estimate of drug-likeness (QED) is 0.680. The summed E-state index contributed by atoms with van der Waals surface area (Å²) in [6.45, 7) is 3.68. The molecule has 1 atom stereocenters. The minimum Gasteiger partial charge on any atom is -0.480 e. The Bertz CT molecular complexity index is 466. The van der Waals surface area contributed by atoms with Gasteiger partial charge in [0.15, 0.2) is 0 Å². The molecule has 0 saturated heterocycles. The number of carboxylic acid groups (broad SMARTS) is 1. The Morgan fingerprint density at radius 2 is 1.90 bits per heavy atom. The van der Waals surface area contributed by atoms with Crippen molar-refractivity contribution >= 4 is 11.9 Å². The van der Waals surface area contributed by atoms with E-state index in [0.717, 1.165) is 5.56 Å². The normalized spacial score (nSPS) is 12.7. The molecule has 0 aliphatic rings. The van der Waals surface area contributed by atoms with Gasteiger partial charge < -0.3 is 16.2 Å². The first kappa shape index (κ1) is 17.2. The van der Waals surface area contributed by atoms with Gasteiger partial charge >= 0.3 is 5.97 Å². The lowest BCUT2D eigenvalue weighted by Gasteiger charge is -2.19. The Labute approximate surface area is 125 Å². The summed E-state index contributed by atoms with van der Waals surface area (Å²) in [5.41, 5.74) is 6.44. The van der Waals surface area contributed by atoms with E-state index >= 15 is 0 Å². The number of hydrogen-bond acceptors (Lipinski definition) is 3. The highest BCUT2D eigenvalue weighted by Gasteiger charge is 2.21. The number of carbonyl (C=O) groups is 2. The Morgan fingerprint density at radius 3 is 2.43 bits per heavy atom. The number of aliphatic carboxylic acids is 1. The second kappa shape index (κ2) is 7.78. The third-order valence-corrected chi connectivity index (χ3v) is 3.19. The second-order valence-corrected chi connectivity index (χ2v) is 5.97. The molecular weight excluding hydrogens is 268 g/mol. The van der Waals surface area contributed by atoms with Crippen LogP contribution in [-0.4, -0.2) is 28.6 Å². The number of amides is 1. The van der Waals surface area contributed by atoms with E-state index in [-0.39, 0.29) is 12.3 Å². The SMILES string of the molecule is CC(C)(N)CCC(=O)N[C@@H](CCc1ccccc1)C(=O)O. The van der Waals surface area contributed by atoms with Gasteiger partial charge in [-0.1, -0.05) is 30.3 Å². The van der Waals surface area contributed by atoms with Gasteiger partial charge in [-0.25, -0.2) is 4.79 Å². The standard InChI is InChI=1S/C16H24N2O3/c1-16(2,17)11-10-14(19)18-13(15(20)21)9-8-12-6-4-3-5-7-12/h3-7,13H,8-11,17H2,1-2H3,(H,18,19)(H,20,21)/t13-/m0/s1. The predicted molar refractivity (Wildman–Crippen MR) is 81.8 cm³/mol. The number of hydrogen-bond donors (Lipinski definition) is 3. The number of carbonyl (C=O) groups excluding carboxylic acids is 1. The first-order valence-corrected chi connectivity index (χ1v) is 7.13. The molecule has 0 heterocycles. The lowest BCUT2D eigenvalue weighted by molar-refractivity contribution is -0.142. The molecule has 1 rings (SSSR count). The number of nitrogens with one attached hydrogen (secondary N) is 1. The second-order valence-electron chi connectivity index (χ2n) is 5.97. The van der Waals surface area contributed by atoms with Crippen LogP contribution in [0.3, 0.4) is 0 Å². The fourth-order valence-electron chi connectivity index (χ4n) is 1.92. The zero-order valence-corrected chi connectivity index (χ0v) is 12.6. The van der Waals surface area contributed by atoms with Gasteiger partial charge in [0.1, 0.15) is 6.04 Å². The highest BCUT2D eigenvalue weighted by Crippen LogP contribution is 2.08. The fraction of sp³-hybridized carbons (Fsp3) is 0.500. The fourth-order valence-corrected chi connectivity index (χ4v) is 1.92. The molecule has 0 aromatic heterocycles. The van der Waals surface area contributed by atoms with Crippen LogP contribution in [0, 0.1) is 0 Å². The molecule has 0 saturated carbocycles. The van der Waals surface area contributed by atoms with E-state index in [2.05, 4.69) is 5.32 Å². The molecule has 0 aliphatic heterocycles. The van der Waals surface area contributed by atoms with Gasteiger partial charge in [-0.15, -0.1) is 0 Å². The summed E-state index contributed by atoms with van der Waals surface area (Å²) in [7, 11) is 0. The van der Waals surface area contributed by atoms with E-state index in [1.165, 1.54) is 0 Å². The largest absolute Gasteiger partial charge is 0.480 e. The van der Waals surface area contributed by atoms with Crippen molar-refractivity contribution < 1.29 is 14.7 Å². The maximum Gasteiger partial charge on any atom is 0.326 e. The number of aryl methyl sites for hydroxylation is 1. The van der Waals surface area contributed by atoms with E-state index in [0.29, 0.717) is 19.3 Å². The van der Waals surface area contributed by atoms with E-state index in [1.807, 2.05) is 44.2 Å². The van der Waals surface area contributed by atoms with Crippen LogP contribution < -0.4 is 11.1 Å². The Morgan fingerprint density at radius 1 is 1.29 bits per heavy atom. The molecule has 0 unspecified atom stereocenters. The van der Waals surface area contributed by atoms with Crippen LogP contribution in [0.25, 0.3) is 0 Å². The van der Waals surface area contributed by atoms with Crippen LogP contribution in [0.1, 0.15) is 38.7 Å². The third kappa shape index (κ3) is 7.46. The minimum atomic E-state index is -1.01. The van der Waals surface area contributed by atoms with Crippen molar-refractivity contribution in [3.8, 4) is 0 Å². The Balaban J connectivity index is 2.46. The Kier molecular flexibility index (Phi) is 6.37. The van der Waals surface area contributed by atoms with Crippen molar-refractivity contribution in [2.24, 2.45) is 5.73 Å². The smallest absolute Gasteiger partial charge is 0.326 e. The zero-order chi connectivity index (χ0) is 15.9. The highest BCUT2D eigenvalue weighted by molar-refractivity contribution is 5.83. The van der Waals surface area contributed by atoms with Crippen molar-refractivity contribution in [1.82, 2.24) is 5.32 Å². The summed E-state index contributed by atoms with van der Waals surface area (Å²) in [4.78, 5) is 23.0. The van der Waals surface area contributed by atoms with Crippen LogP contribution in [0.5, 0.6) is 0 Å². The molecule has 21 heavy (non-hydrogen) atoms. The first-order valence-electron chi connectivity index (χ1n) is 7.13. The molecule has 116 valence electrons. The molecule has 1 amide bonds. The first-order chi connectivity index (χ1) is 9.78. The van der Waals surface area contributed by atoms with Gasteiger partial charge in [0.25, 0.3) is 0 Å². The molecule has 0 bridgehead atoms. The predicted octanol–water partition coefficient (Wildman–Crippen LogP) is 1.71. The summed E-state index contributed by atoms with van der Waals surface area (Å²) in [5.74, 6) is -1.28. The summed E-state index contributed by atoms with van der Waals surface area (Å²) in [5, 5.41) is 11.8. The highest BCUT2D eigenvalue weighted by atomic mass is 16.4. The molecule has 5 heteroatoms. The summed E-state index contributed by atoms with van der Waals surface area (Å²) in [6, 6.07) is 8.75. The molecule has 5 nitrogen and oxygen atoms in total. The maximum atomic E-state index is 11.8. The van der Waals surface area contributed by atoms with Crippen molar-refractivity contribution in [2.75, 3.05) is 0 Å². The number of benzene rings is 1. The van der Waals surface area contributed by atoms with Gasteiger partial charge in [0.05, 0.1) is 0 Å². The molecular formula is C16H24N2O3. The number of nitrogens with two attached hydrogens (primary N) is 1. The number of rotatable bonds is 8. The van der Waals surface area contributed by atoms with Gasteiger partial charge in [-0.3, -0.25) is 4.79 Å². The van der Waals surface area contributed by atoms with Crippen LogP contribution in [-0.2, 0) is 16.0 Å². The average molecular weight is 292 g/mol. The van der Waals surface area contributed by atoms with Crippen molar-refractivity contribution in [3.63, 3.8) is 0 Å². The van der Waals surface area contributed by atoms with Crippen molar-refractivity contribution in [1.29, 1.82) is 0 Å². The molecule has 1 aromatic carbocycles. The van der Waals surface area contributed by atoms with Crippen LogP contribution in [0.2, 0.25) is 0 Å². The monoisotopic (exact) mass is 292 g/mol. The molecule has 1 aromatic rings. The number of carboxylic acids is 1. The van der Waals surface area contributed by atoms with E-state index in [4.69, 9.17) is 5.73 Å². The van der Waals surface area contributed by atoms with Crippen molar-refractivity contribution in [3.05, 3.63) is 35.9 Å². The summed E-state index contributed by atoms with van der Waals surface area (Å²) >= 11 is 0. The molecule has 0 spiro atoms. The maximum absolute atomic E-state index is 11.8. The molecule has 4 N–H and O–H groups in total. The molecule has 0 radical (unpaired) electrons. The van der Waals surface area contributed by atoms with E-state index in [9.17, 15) is 14.7 Å². The van der Waals surface area contributed by atoms with Crippen molar-refractivity contribution in [2.45, 2.75) is 51.1 Å². The van der Waals surface area contributed by atoms with Gasteiger partial charge in [0.2, 0.25) is 5.91 Å². The van der Waals surface area contributed by atoms with Crippen LogP contribution in [0.4, 0.5) is 0 Å². The third-order valence-electron chi connectivity index (χ3n) is 3.19. The summed E-state index contributed by atoms with van der Waals surface area (Å²) in [6.07, 6.45) is 1.74. The van der Waals surface area contributed by atoms with Crippen LogP contribution in [0.15, 0.2) is 30.3 Å². The molecule has 0 aliphatic carbocycles. The van der Waals surface area contributed by atoms with Gasteiger partial charge in [-0.05, 0) is 38.7 Å². The van der Waals surface area contributed by atoms with Crippen LogP contribution >= 0.6 is 0 Å². The van der Waals surface area contributed by atoms with E-state index in [1.54, 1.807) is 0 Å². The Hall–Kier alpha value is -1.88. The lowest BCUT2D eigenvalue weighted by Crippen LogP contribution is -2.42. The van der Waals surface area contributed by atoms with E-state index < -0.39 is 17.6 Å². The van der Waals surface area contributed by atoms with Gasteiger partial charge in [-0.2, -0.15) is 0 Å².